The highest BCUT2D eigenvalue weighted by Gasteiger charge is 2.13. The summed E-state index contributed by atoms with van der Waals surface area (Å²) < 4.78 is 0. The van der Waals surface area contributed by atoms with Crippen LogP contribution in [0.25, 0.3) is 10.9 Å². The second kappa shape index (κ2) is 3.55. The summed E-state index contributed by atoms with van der Waals surface area (Å²) in [6.45, 7) is 4.27. The van der Waals surface area contributed by atoms with Crippen molar-refractivity contribution in [2.45, 2.75) is 0 Å². The summed E-state index contributed by atoms with van der Waals surface area (Å²) in [5, 5.41) is 11.7. The quantitative estimate of drug-likeness (QED) is 0.724. The SMILES string of the molecule is c1cc(N2CCNCC2)c2cn[nH]c2c1. The van der Waals surface area contributed by atoms with Gasteiger partial charge in [0, 0.05) is 37.3 Å². The van der Waals surface area contributed by atoms with Crippen molar-refractivity contribution < 1.29 is 0 Å². The molecule has 0 aliphatic carbocycles. The Bertz CT molecular complexity index is 456. The molecule has 1 fully saturated rings. The summed E-state index contributed by atoms with van der Waals surface area (Å²) in [5.74, 6) is 0. The first-order valence-corrected chi connectivity index (χ1v) is 5.33. The number of rotatable bonds is 1. The molecule has 0 saturated carbocycles. The summed E-state index contributed by atoms with van der Waals surface area (Å²) in [6.07, 6.45) is 1.91. The normalized spacial score (nSPS) is 17.2. The van der Waals surface area contributed by atoms with Gasteiger partial charge in [-0.3, -0.25) is 5.10 Å². The van der Waals surface area contributed by atoms with Crippen molar-refractivity contribution in [2.24, 2.45) is 0 Å². The predicted octanol–water partition coefficient (Wildman–Crippen LogP) is 0.972. The summed E-state index contributed by atoms with van der Waals surface area (Å²) in [4.78, 5) is 2.41. The van der Waals surface area contributed by atoms with Gasteiger partial charge in [-0.1, -0.05) is 6.07 Å². The number of aromatic nitrogens is 2. The van der Waals surface area contributed by atoms with Gasteiger partial charge in [-0.25, -0.2) is 0 Å². The van der Waals surface area contributed by atoms with Crippen LogP contribution in [-0.4, -0.2) is 36.4 Å². The lowest BCUT2D eigenvalue weighted by atomic mass is 10.2. The minimum atomic E-state index is 1.06. The number of fused-ring (bicyclic) bond motifs is 1. The second-order valence-electron chi connectivity index (χ2n) is 3.85. The van der Waals surface area contributed by atoms with Gasteiger partial charge in [-0.2, -0.15) is 5.10 Å². The Morgan fingerprint density at radius 1 is 1.20 bits per heavy atom. The molecule has 1 saturated heterocycles. The fraction of sp³-hybridized carbons (Fsp3) is 0.364. The van der Waals surface area contributed by atoms with Gasteiger partial charge in [0.15, 0.2) is 0 Å². The minimum Gasteiger partial charge on any atom is -0.368 e. The number of anilines is 1. The molecule has 1 aliphatic heterocycles. The molecule has 2 aromatic rings. The molecule has 0 unspecified atom stereocenters. The van der Waals surface area contributed by atoms with Crippen LogP contribution >= 0.6 is 0 Å². The molecule has 4 heteroatoms. The topological polar surface area (TPSA) is 44.0 Å². The lowest BCUT2D eigenvalue weighted by Crippen LogP contribution is -2.43. The number of piperazine rings is 1. The maximum atomic E-state index is 4.09. The van der Waals surface area contributed by atoms with Crippen molar-refractivity contribution >= 4 is 16.6 Å². The largest absolute Gasteiger partial charge is 0.368 e. The third-order valence-corrected chi connectivity index (χ3v) is 2.92. The van der Waals surface area contributed by atoms with E-state index in [1.807, 2.05) is 6.20 Å². The van der Waals surface area contributed by atoms with Crippen LogP contribution < -0.4 is 10.2 Å². The third kappa shape index (κ3) is 1.47. The Hall–Kier alpha value is -1.55. The van der Waals surface area contributed by atoms with Crippen molar-refractivity contribution in [1.29, 1.82) is 0 Å². The second-order valence-corrected chi connectivity index (χ2v) is 3.85. The molecule has 0 spiro atoms. The van der Waals surface area contributed by atoms with Gasteiger partial charge in [0.1, 0.15) is 0 Å². The van der Waals surface area contributed by atoms with E-state index in [0.29, 0.717) is 0 Å². The molecule has 2 heterocycles. The molecule has 1 aromatic carbocycles. The molecule has 1 aliphatic rings. The lowest BCUT2D eigenvalue weighted by Gasteiger charge is -2.29. The standard InChI is InChI=1S/C11H14N4/c1-2-10-9(8-13-14-10)11(3-1)15-6-4-12-5-7-15/h1-3,8,12H,4-7H2,(H,13,14). The van der Waals surface area contributed by atoms with Crippen molar-refractivity contribution in [1.82, 2.24) is 15.5 Å². The summed E-state index contributed by atoms with van der Waals surface area (Å²) in [6, 6.07) is 6.31. The highest BCUT2D eigenvalue weighted by molar-refractivity contribution is 5.91. The third-order valence-electron chi connectivity index (χ3n) is 2.92. The zero-order valence-corrected chi connectivity index (χ0v) is 8.53. The molecule has 2 N–H and O–H groups in total. The highest BCUT2D eigenvalue weighted by Crippen LogP contribution is 2.25. The van der Waals surface area contributed by atoms with E-state index in [9.17, 15) is 0 Å². The van der Waals surface area contributed by atoms with Gasteiger partial charge in [0.05, 0.1) is 11.7 Å². The first-order chi connectivity index (χ1) is 7.45. The number of benzene rings is 1. The summed E-state index contributed by atoms with van der Waals surface area (Å²) in [5.41, 5.74) is 2.41. The summed E-state index contributed by atoms with van der Waals surface area (Å²) >= 11 is 0. The Morgan fingerprint density at radius 2 is 2.07 bits per heavy atom. The molecule has 0 radical (unpaired) electrons. The van der Waals surface area contributed by atoms with Crippen LogP contribution in [0.1, 0.15) is 0 Å². The van der Waals surface area contributed by atoms with Gasteiger partial charge in [-0.15, -0.1) is 0 Å². The van der Waals surface area contributed by atoms with Crippen LogP contribution in [0.15, 0.2) is 24.4 Å². The fourth-order valence-corrected chi connectivity index (χ4v) is 2.13. The molecule has 0 bridgehead atoms. The zero-order chi connectivity index (χ0) is 10.1. The van der Waals surface area contributed by atoms with Crippen molar-refractivity contribution in [2.75, 3.05) is 31.1 Å². The van der Waals surface area contributed by atoms with Crippen molar-refractivity contribution in [3.63, 3.8) is 0 Å². The molecule has 78 valence electrons. The van der Waals surface area contributed by atoms with Crippen molar-refractivity contribution in [3.05, 3.63) is 24.4 Å². The molecule has 15 heavy (non-hydrogen) atoms. The number of H-pyrrole nitrogens is 1. The van der Waals surface area contributed by atoms with Crippen LogP contribution in [0.5, 0.6) is 0 Å². The van der Waals surface area contributed by atoms with E-state index in [4.69, 9.17) is 0 Å². The van der Waals surface area contributed by atoms with E-state index in [-0.39, 0.29) is 0 Å². The first-order valence-electron chi connectivity index (χ1n) is 5.33. The number of aromatic amines is 1. The minimum absolute atomic E-state index is 1.06. The highest BCUT2D eigenvalue weighted by atomic mass is 15.2. The van der Waals surface area contributed by atoms with Gasteiger partial charge >= 0.3 is 0 Å². The number of hydrogen-bond acceptors (Lipinski definition) is 3. The maximum Gasteiger partial charge on any atom is 0.0671 e. The van der Waals surface area contributed by atoms with Crippen LogP contribution in [0, 0.1) is 0 Å². The Labute approximate surface area is 88.3 Å². The average molecular weight is 202 g/mol. The average Bonchev–Trinajstić information content (AvgIpc) is 2.78. The Kier molecular flexibility index (Phi) is 2.07. The molecule has 1 aromatic heterocycles. The van der Waals surface area contributed by atoms with Crippen LogP contribution in [0.2, 0.25) is 0 Å². The van der Waals surface area contributed by atoms with E-state index in [1.165, 1.54) is 11.1 Å². The maximum absolute atomic E-state index is 4.09. The Morgan fingerprint density at radius 3 is 2.93 bits per heavy atom. The first kappa shape index (κ1) is 8.73. The van der Waals surface area contributed by atoms with E-state index in [2.05, 4.69) is 38.6 Å². The number of hydrogen-bond donors (Lipinski definition) is 2. The lowest BCUT2D eigenvalue weighted by molar-refractivity contribution is 0.590. The number of nitrogens with zero attached hydrogens (tertiary/aromatic N) is 2. The molecule has 3 rings (SSSR count). The predicted molar refractivity (Wildman–Crippen MR) is 61.2 cm³/mol. The van der Waals surface area contributed by atoms with Gasteiger partial charge in [0.25, 0.3) is 0 Å². The zero-order valence-electron chi connectivity index (χ0n) is 8.53. The Balaban J connectivity index is 2.05. The van der Waals surface area contributed by atoms with Crippen LogP contribution in [0.3, 0.4) is 0 Å². The fourth-order valence-electron chi connectivity index (χ4n) is 2.13. The monoisotopic (exact) mass is 202 g/mol. The smallest absolute Gasteiger partial charge is 0.0671 e. The number of nitrogens with one attached hydrogen (secondary N) is 2. The van der Waals surface area contributed by atoms with Crippen LogP contribution in [0.4, 0.5) is 5.69 Å². The van der Waals surface area contributed by atoms with Gasteiger partial charge in [-0.05, 0) is 12.1 Å². The van der Waals surface area contributed by atoms with Crippen molar-refractivity contribution in [3.8, 4) is 0 Å². The van der Waals surface area contributed by atoms with E-state index < -0.39 is 0 Å². The van der Waals surface area contributed by atoms with E-state index in [1.54, 1.807) is 0 Å². The summed E-state index contributed by atoms with van der Waals surface area (Å²) in [7, 11) is 0. The molecular formula is C11H14N4. The molecule has 0 atom stereocenters. The molecular weight excluding hydrogens is 188 g/mol. The van der Waals surface area contributed by atoms with E-state index in [0.717, 1.165) is 31.7 Å². The molecule has 0 amide bonds. The van der Waals surface area contributed by atoms with Gasteiger partial charge in [0.2, 0.25) is 0 Å². The van der Waals surface area contributed by atoms with Crippen LogP contribution in [-0.2, 0) is 0 Å². The van der Waals surface area contributed by atoms with E-state index >= 15 is 0 Å². The molecule has 4 nitrogen and oxygen atoms in total. The van der Waals surface area contributed by atoms with Gasteiger partial charge < -0.3 is 10.2 Å².